The molecule has 0 aromatic carbocycles. The molecule has 1 aliphatic rings. The fourth-order valence-electron chi connectivity index (χ4n) is 4.61. The van der Waals surface area contributed by atoms with E-state index in [-0.39, 0.29) is 30.0 Å². The number of unbranched alkanes of at least 4 members (excludes halogenated alkanes) is 8. The van der Waals surface area contributed by atoms with Crippen LogP contribution in [0.15, 0.2) is 12.2 Å². The molecular weight excluding hydrogens is 442 g/mol. The fourth-order valence-corrected chi connectivity index (χ4v) is 4.61. The van der Waals surface area contributed by atoms with Crippen LogP contribution in [0.4, 0.5) is 0 Å². The lowest BCUT2D eigenvalue weighted by Crippen LogP contribution is -2.48. The van der Waals surface area contributed by atoms with Gasteiger partial charge in [-0.25, -0.2) is 4.79 Å². The molecule has 0 aromatic heterocycles. The average Bonchev–Trinajstić information content (AvgIpc) is 2.81. The van der Waals surface area contributed by atoms with Gasteiger partial charge >= 0.3 is 11.9 Å². The van der Waals surface area contributed by atoms with Crippen molar-refractivity contribution >= 4 is 18.3 Å². The molecule has 0 bridgehead atoms. The molecule has 0 saturated carbocycles. The van der Waals surface area contributed by atoms with E-state index < -0.39 is 12.0 Å². The highest BCUT2D eigenvalue weighted by atomic mass is 16.6. The largest absolute Gasteiger partial charge is 0.461 e. The van der Waals surface area contributed by atoms with Crippen LogP contribution in [0.25, 0.3) is 0 Å². The smallest absolute Gasteiger partial charge is 0.328 e. The molecule has 0 aliphatic carbocycles. The van der Waals surface area contributed by atoms with Gasteiger partial charge < -0.3 is 14.8 Å². The first kappa shape index (κ1) is 31.2. The Morgan fingerprint density at radius 3 is 2.29 bits per heavy atom. The molecule has 1 amide bonds. The van der Waals surface area contributed by atoms with E-state index in [9.17, 15) is 14.4 Å². The summed E-state index contributed by atoms with van der Waals surface area (Å²) in [6.07, 6.45) is 19.7. The quantitative estimate of drug-likeness (QED) is 0.0789. The second-order valence-electron chi connectivity index (χ2n) is 10.4. The van der Waals surface area contributed by atoms with E-state index >= 15 is 0 Å². The van der Waals surface area contributed by atoms with E-state index in [1.54, 1.807) is 0 Å². The SMILES string of the molecule is CCCCCCC/C=C\CC[C@@H](C[C@@H]1OC(=O)[C@H]1CCCCCC)OC(=O)[C@H](CC(C)C)NC=O. The van der Waals surface area contributed by atoms with Crippen molar-refractivity contribution in [1.29, 1.82) is 0 Å². The van der Waals surface area contributed by atoms with Gasteiger partial charge in [0.2, 0.25) is 6.41 Å². The first-order chi connectivity index (χ1) is 16.9. The Hall–Kier alpha value is -1.85. The van der Waals surface area contributed by atoms with Crippen molar-refractivity contribution in [2.45, 2.75) is 142 Å². The zero-order valence-corrected chi connectivity index (χ0v) is 22.8. The standard InChI is InChI=1S/C29H51NO5/c1-5-7-9-11-12-13-14-15-16-18-24(34-29(33)26(30-22-31)20-23(3)4)21-27-25(28(32)35-27)19-17-10-8-6-2/h14-15,22-27H,5-13,16-21H2,1-4H3,(H,30,31)/b15-14-/t24-,25-,26-,27-/m0/s1. The predicted octanol–water partition coefficient (Wildman–Crippen LogP) is 6.66. The Morgan fingerprint density at radius 2 is 1.66 bits per heavy atom. The van der Waals surface area contributed by atoms with Gasteiger partial charge in [0.05, 0.1) is 5.92 Å². The Morgan fingerprint density at radius 1 is 1.00 bits per heavy atom. The highest BCUT2D eigenvalue weighted by Gasteiger charge is 2.43. The highest BCUT2D eigenvalue weighted by Crippen LogP contribution is 2.32. The Kier molecular flexibility index (Phi) is 17.2. The molecule has 0 spiro atoms. The minimum atomic E-state index is -0.651. The Labute approximate surface area is 214 Å². The fraction of sp³-hybridized carbons (Fsp3) is 0.828. The third-order valence-electron chi connectivity index (χ3n) is 6.72. The number of hydrogen-bond acceptors (Lipinski definition) is 5. The lowest BCUT2D eigenvalue weighted by atomic mass is 9.86. The Bertz CT molecular complexity index is 618. The molecule has 1 aliphatic heterocycles. The summed E-state index contributed by atoms with van der Waals surface area (Å²) in [5.41, 5.74) is 0. The monoisotopic (exact) mass is 493 g/mol. The number of amides is 1. The van der Waals surface area contributed by atoms with Crippen LogP contribution in [-0.2, 0) is 23.9 Å². The zero-order chi connectivity index (χ0) is 25.9. The van der Waals surface area contributed by atoms with Crippen LogP contribution in [0.2, 0.25) is 0 Å². The molecule has 1 N–H and O–H groups in total. The topological polar surface area (TPSA) is 81.7 Å². The lowest BCUT2D eigenvalue weighted by molar-refractivity contribution is -0.190. The molecule has 4 atom stereocenters. The molecule has 1 fully saturated rings. The molecule has 202 valence electrons. The van der Waals surface area contributed by atoms with Gasteiger partial charge in [0.1, 0.15) is 18.2 Å². The molecule has 1 heterocycles. The maximum atomic E-state index is 12.8. The zero-order valence-electron chi connectivity index (χ0n) is 22.8. The first-order valence-corrected chi connectivity index (χ1v) is 14.2. The van der Waals surface area contributed by atoms with Crippen molar-refractivity contribution < 1.29 is 23.9 Å². The van der Waals surface area contributed by atoms with E-state index in [0.717, 1.165) is 38.5 Å². The molecular formula is C29H51NO5. The van der Waals surface area contributed by atoms with Crippen molar-refractivity contribution in [2.75, 3.05) is 0 Å². The van der Waals surface area contributed by atoms with Gasteiger partial charge in [0, 0.05) is 6.42 Å². The van der Waals surface area contributed by atoms with Crippen LogP contribution in [-0.4, -0.2) is 36.6 Å². The number of rotatable bonds is 22. The molecule has 6 nitrogen and oxygen atoms in total. The van der Waals surface area contributed by atoms with Crippen LogP contribution in [0.1, 0.15) is 124 Å². The third-order valence-corrected chi connectivity index (χ3v) is 6.72. The molecule has 0 radical (unpaired) electrons. The van der Waals surface area contributed by atoms with Crippen LogP contribution in [0, 0.1) is 11.8 Å². The molecule has 35 heavy (non-hydrogen) atoms. The number of allylic oxidation sites excluding steroid dienone is 2. The summed E-state index contributed by atoms with van der Waals surface area (Å²) >= 11 is 0. The average molecular weight is 494 g/mol. The number of carbonyl (C=O) groups is 3. The van der Waals surface area contributed by atoms with E-state index in [1.807, 2.05) is 13.8 Å². The molecule has 1 saturated heterocycles. The van der Waals surface area contributed by atoms with Gasteiger partial charge in [-0.2, -0.15) is 0 Å². The molecule has 1 rings (SSSR count). The van der Waals surface area contributed by atoms with Crippen LogP contribution < -0.4 is 5.32 Å². The number of carbonyl (C=O) groups excluding carboxylic acids is 3. The molecule has 0 aromatic rings. The van der Waals surface area contributed by atoms with E-state index in [2.05, 4.69) is 31.3 Å². The second kappa shape index (κ2) is 19.4. The number of ether oxygens (including phenoxy) is 2. The van der Waals surface area contributed by atoms with Gasteiger partial charge in [0.25, 0.3) is 0 Å². The summed E-state index contributed by atoms with van der Waals surface area (Å²) in [7, 11) is 0. The van der Waals surface area contributed by atoms with E-state index in [4.69, 9.17) is 9.47 Å². The van der Waals surface area contributed by atoms with Gasteiger partial charge in [-0.1, -0.05) is 91.2 Å². The van der Waals surface area contributed by atoms with Crippen molar-refractivity contribution in [1.82, 2.24) is 5.32 Å². The second-order valence-corrected chi connectivity index (χ2v) is 10.4. The van der Waals surface area contributed by atoms with Gasteiger partial charge in [-0.05, 0) is 44.4 Å². The summed E-state index contributed by atoms with van der Waals surface area (Å²) in [6, 6.07) is -0.651. The normalized spacial score (nSPS) is 19.3. The number of hydrogen-bond donors (Lipinski definition) is 1. The third kappa shape index (κ3) is 13.7. The predicted molar refractivity (Wildman–Crippen MR) is 141 cm³/mol. The summed E-state index contributed by atoms with van der Waals surface area (Å²) in [6.45, 7) is 8.41. The van der Waals surface area contributed by atoms with Gasteiger partial charge in [-0.15, -0.1) is 0 Å². The van der Waals surface area contributed by atoms with Crippen molar-refractivity contribution in [2.24, 2.45) is 11.8 Å². The summed E-state index contributed by atoms with van der Waals surface area (Å²) in [4.78, 5) is 35.9. The van der Waals surface area contributed by atoms with Crippen LogP contribution in [0.3, 0.4) is 0 Å². The van der Waals surface area contributed by atoms with Gasteiger partial charge in [0.15, 0.2) is 0 Å². The highest BCUT2D eigenvalue weighted by molar-refractivity contribution is 5.79. The maximum absolute atomic E-state index is 12.8. The summed E-state index contributed by atoms with van der Waals surface area (Å²) < 4.78 is 11.4. The minimum absolute atomic E-state index is 0.0914. The van der Waals surface area contributed by atoms with Crippen LogP contribution >= 0.6 is 0 Å². The maximum Gasteiger partial charge on any atom is 0.328 e. The van der Waals surface area contributed by atoms with E-state index in [1.165, 1.54) is 38.5 Å². The lowest BCUT2D eigenvalue weighted by Gasteiger charge is -2.37. The summed E-state index contributed by atoms with van der Waals surface area (Å²) in [5.74, 6) is -0.370. The van der Waals surface area contributed by atoms with Crippen molar-refractivity contribution in [3.63, 3.8) is 0 Å². The molecule has 0 unspecified atom stereocenters. The first-order valence-electron chi connectivity index (χ1n) is 14.2. The number of esters is 2. The Balaban J connectivity index is 2.64. The number of cyclic esters (lactones) is 1. The summed E-state index contributed by atoms with van der Waals surface area (Å²) in [5, 5.41) is 2.61. The van der Waals surface area contributed by atoms with Crippen molar-refractivity contribution in [3.8, 4) is 0 Å². The number of nitrogens with one attached hydrogen (secondary N) is 1. The molecule has 6 heteroatoms. The van der Waals surface area contributed by atoms with E-state index in [0.29, 0.717) is 25.7 Å². The minimum Gasteiger partial charge on any atom is -0.461 e. The van der Waals surface area contributed by atoms with Crippen molar-refractivity contribution in [3.05, 3.63) is 12.2 Å². The van der Waals surface area contributed by atoms with Gasteiger partial charge in [-0.3, -0.25) is 9.59 Å². The van der Waals surface area contributed by atoms with Crippen LogP contribution in [0.5, 0.6) is 0 Å².